The van der Waals surface area contributed by atoms with E-state index in [0.29, 0.717) is 11.1 Å². The minimum atomic E-state index is -0.329. The van der Waals surface area contributed by atoms with Crippen LogP contribution in [0.15, 0.2) is 9.64 Å². The number of carbonyl (C=O) groups is 1. The largest absolute Gasteiger partial charge is 0.468 e. The number of nitrogens with zero attached hydrogens (tertiary/aromatic N) is 2. The lowest BCUT2D eigenvalue weighted by Gasteiger charge is -2.04. The van der Waals surface area contributed by atoms with E-state index in [4.69, 9.17) is 4.42 Å². The first-order valence-corrected chi connectivity index (χ1v) is 5.62. The predicted molar refractivity (Wildman–Crippen MR) is 55.6 cm³/mol. The van der Waals surface area contributed by atoms with E-state index in [1.807, 2.05) is 6.92 Å². The van der Waals surface area contributed by atoms with Crippen molar-refractivity contribution in [1.29, 1.82) is 0 Å². The molecule has 1 unspecified atom stereocenters. The molecule has 0 radical (unpaired) electrons. The normalized spacial score (nSPS) is 12.5. The van der Waals surface area contributed by atoms with Crippen LogP contribution >= 0.6 is 11.8 Å². The molecular weight excluding hydrogens is 216 g/mol. The number of hydrogen-bond donors (Lipinski definition) is 0. The maximum atomic E-state index is 11.1. The second kappa shape index (κ2) is 5.75. The minimum Gasteiger partial charge on any atom is -0.468 e. The van der Waals surface area contributed by atoms with Gasteiger partial charge in [0.2, 0.25) is 5.89 Å². The average molecular weight is 230 g/mol. The number of carbonyl (C=O) groups excluding carboxylic acids is 1. The molecule has 0 aliphatic carbocycles. The van der Waals surface area contributed by atoms with Crippen LogP contribution in [0.1, 0.15) is 26.2 Å². The van der Waals surface area contributed by atoms with Gasteiger partial charge in [0.1, 0.15) is 5.25 Å². The summed E-state index contributed by atoms with van der Waals surface area (Å²) in [5.41, 5.74) is 0. The monoisotopic (exact) mass is 230 g/mol. The van der Waals surface area contributed by atoms with E-state index >= 15 is 0 Å². The Bertz CT molecular complexity index is 327. The van der Waals surface area contributed by atoms with Gasteiger partial charge in [-0.15, -0.1) is 10.2 Å². The highest BCUT2D eigenvalue weighted by atomic mass is 32.2. The van der Waals surface area contributed by atoms with Gasteiger partial charge >= 0.3 is 5.97 Å². The molecule has 0 aromatic carbocycles. The Kier molecular flexibility index (Phi) is 4.61. The van der Waals surface area contributed by atoms with E-state index in [2.05, 4.69) is 14.9 Å². The van der Waals surface area contributed by atoms with Gasteiger partial charge in [-0.2, -0.15) is 0 Å². The standard InChI is InChI=1S/C9H14N2O3S/c1-4-5-7-10-11-9(14-7)15-6(2)8(12)13-3/h6H,4-5H2,1-3H3. The van der Waals surface area contributed by atoms with Crippen LogP contribution in [0.3, 0.4) is 0 Å². The molecule has 1 aromatic heterocycles. The van der Waals surface area contributed by atoms with Gasteiger partial charge in [0.05, 0.1) is 7.11 Å². The van der Waals surface area contributed by atoms with Crippen molar-refractivity contribution in [3.05, 3.63) is 5.89 Å². The van der Waals surface area contributed by atoms with Gasteiger partial charge in [-0.25, -0.2) is 0 Å². The van der Waals surface area contributed by atoms with Gasteiger partial charge in [0, 0.05) is 6.42 Å². The summed E-state index contributed by atoms with van der Waals surface area (Å²) < 4.78 is 9.91. The molecule has 6 heteroatoms. The van der Waals surface area contributed by atoms with E-state index in [-0.39, 0.29) is 11.2 Å². The Hall–Kier alpha value is -1.04. The Balaban J connectivity index is 2.53. The molecule has 0 fully saturated rings. The van der Waals surface area contributed by atoms with Crippen LogP contribution in [0.4, 0.5) is 0 Å². The molecule has 0 saturated carbocycles. The molecule has 0 spiro atoms. The zero-order valence-electron chi connectivity index (χ0n) is 9.02. The lowest BCUT2D eigenvalue weighted by Crippen LogP contribution is -2.14. The fourth-order valence-corrected chi connectivity index (χ4v) is 1.69. The van der Waals surface area contributed by atoms with Crippen LogP contribution in [-0.2, 0) is 16.0 Å². The SMILES string of the molecule is CCCc1nnc(SC(C)C(=O)OC)o1. The summed E-state index contributed by atoms with van der Waals surface area (Å²) in [4.78, 5) is 11.1. The summed E-state index contributed by atoms with van der Waals surface area (Å²) in [6.45, 7) is 3.77. The van der Waals surface area contributed by atoms with Crippen LogP contribution in [-0.4, -0.2) is 28.5 Å². The Morgan fingerprint density at radius 2 is 2.33 bits per heavy atom. The lowest BCUT2D eigenvalue weighted by molar-refractivity contribution is -0.139. The number of ether oxygens (including phenoxy) is 1. The zero-order chi connectivity index (χ0) is 11.3. The number of methoxy groups -OCH3 is 1. The molecule has 1 aromatic rings. The molecule has 1 heterocycles. The summed E-state index contributed by atoms with van der Waals surface area (Å²) in [6, 6.07) is 0. The third-order valence-corrected chi connectivity index (χ3v) is 2.64. The van der Waals surface area contributed by atoms with Gasteiger partial charge in [0.15, 0.2) is 0 Å². The van der Waals surface area contributed by atoms with Gasteiger partial charge in [-0.3, -0.25) is 4.79 Å². The van der Waals surface area contributed by atoms with Crippen molar-refractivity contribution in [1.82, 2.24) is 10.2 Å². The molecule has 0 aliphatic heterocycles. The van der Waals surface area contributed by atoms with Crippen molar-refractivity contribution < 1.29 is 13.9 Å². The third kappa shape index (κ3) is 3.54. The van der Waals surface area contributed by atoms with Crippen LogP contribution < -0.4 is 0 Å². The van der Waals surface area contributed by atoms with Crippen LogP contribution in [0, 0.1) is 0 Å². The van der Waals surface area contributed by atoms with Crippen molar-refractivity contribution in [2.24, 2.45) is 0 Å². The zero-order valence-corrected chi connectivity index (χ0v) is 9.84. The number of esters is 1. The number of hydrogen-bond acceptors (Lipinski definition) is 6. The quantitative estimate of drug-likeness (QED) is 0.566. The van der Waals surface area contributed by atoms with Crippen LogP contribution in [0.25, 0.3) is 0 Å². The van der Waals surface area contributed by atoms with E-state index in [1.165, 1.54) is 18.9 Å². The van der Waals surface area contributed by atoms with Gasteiger partial charge < -0.3 is 9.15 Å². The van der Waals surface area contributed by atoms with Crippen LogP contribution in [0.2, 0.25) is 0 Å². The molecule has 0 amide bonds. The first-order chi connectivity index (χ1) is 7.17. The Labute approximate surface area is 92.6 Å². The molecule has 0 saturated heterocycles. The number of aromatic nitrogens is 2. The second-order valence-electron chi connectivity index (χ2n) is 2.99. The fraction of sp³-hybridized carbons (Fsp3) is 0.667. The molecule has 1 rings (SSSR count). The van der Waals surface area contributed by atoms with Crippen molar-refractivity contribution in [2.45, 2.75) is 37.2 Å². The molecule has 84 valence electrons. The van der Waals surface area contributed by atoms with E-state index < -0.39 is 0 Å². The average Bonchev–Trinajstić information content (AvgIpc) is 2.65. The Morgan fingerprint density at radius 1 is 1.60 bits per heavy atom. The molecule has 1 atom stereocenters. The van der Waals surface area contributed by atoms with E-state index in [9.17, 15) is 4.79 Å². The maximum Gasteiger partial charge on any atom is 0.319 e. The van der Waals surface area contributed by atoms with E-state index in [1.54, 1.807) is 6.92 Å². The summed E-state index contributed by atoms with van der Waals surface area (Å²) in [5.74, 6) is 0.312. The number of aryl methyl sites for hydroxylation is 1. The maximum absolute atomic E-state index is 11.1. The highest BCUT2D eigenvalue weighted by Gasteiger charge is 2.18. The second-order valence-corrected chi connectivity index (χ2v) is 4.29. The molecular formula is C9H14N2O3S. The lowest BCUT2D eigenvalue weighted by atomic mass is 10.3. The summed E-state index contributed by atoms with van der Waals surface area (Å²) in [6.07, 6.45) is 1.72. The van der Waals surface area contributed by atoms with Crippen molar-refractivity contribution in [3.63, 3.8) is 0 Å². The van der Waals surface area contributed by atoms with Crippen molar-refractivity contribution in [2.75, 3.05) is 7.11 Å². The Morgan fingerprint density at radius 3 is 2.93 bits per heavy atom. The minimum absolute atomic E-state index is 0.296. The van der Waals surface area contributed by atoms with Gasteiger partial charge in [-0.05, 0) is 13.3 Å². The summed E-state index contributed by atoms with van der Waals surface area (Å²) in [7, 11) is 1.36. The number of rotatable bonds is 5. The first kappa shape index (κ1) is 12.0. The van der Waals surface area contributed by atoms with Crippen LogP contribution in [0.5, 0.6) is 0 Å². The summed E-state index contributed by atoms with van der Waals surface area (Å²) in [5, 5.41) is 7.77. The smallest absolute Gasteiger partial charge is 0.319 e. The highest BCUT2D eigenvalue weighted by molar-refractivity contribution is 8.00. The van der Waals surface area contributed by atoms with Crippen molar-refractivity contribution in [3.8, 4) is 0 Å². The molecule has 5 nitrogen and oxygen atoms in total. The molecule has 0 bridgehead atoms. The van der Waals surface area contributed by atoms with Gasteiger partial charge in [0.25, 0.3) is 5.22 Å². The van der Waals surface area contributed by atoms with Crippen molar-refractivity contribution >= 4 is 17.7 Å². The predicted octanol–water partition coefficient (Wildman–Crippen LogP) is 1.68. The first-order valence-electron chi connectivity index (χ1n) is 4.74. The summed E-state index contributed by atoms with van der Waals surface area (Å²) >= 11 is 1.21. The number of thioether (sulfide) groups is 1. The third-order valence-electron chi connectivity index (χ3n) is 1.72. The fourth-order valence-electron chi connectivity index (χ4n) is 0.966. The highest BCUT2D eigenvalue weighted by Crippen LogP contribution is 2.22. The molecule has 0 N–H and O–H groups in total. The van der Waals surface area contributed by atoms with Gasteiger partial charge in [-0.1, -0.05) is 18.7 Å². The molecule has 15 heavy (non-hydrogen) atoms. The molecule has 0 aliphatic rings. The topological polar surface area (TPSA) is 65.2 Å². The van der Waals surface area contributed by atoms with E-state index in [0.717, 1.165) is 12.8 Å².